The minimum Gasteiger partial charge on any atom is -0.393 e. The Hall–Kier alpha value is -0.690. The van der Waals surface area contributed by atoms with Crippen LogP contribution in [0.25, 0.3) is 0 Å². The van der Waals surface area contributed by atoms with Gasteiger partial charge in [-0.05, 0) is 38.5 Å². The third-order valence-corrected chi connectivity index (χ3v) is 4.13. The summed E-state index contributed by atoms with van der Waals surface area (Å²) in [6.45, 7) is 3.20. The minimum absolute atomic E-state index is 0.105. The van der Waals surface area contributed by atoms with Gasteiger partial charge in [-0.3, -0.25) is 0 Å². The van der Waals surface area contributed by atoms with Crippen molar-refractivity contribution in [1.29, 1.82) is 0 Å². The van der Waals surface area contributed by atoms with E-state index in [2.05, 4.69) is 4.72 Å². The van der Waals surface area contributed by atoms with E-state index >= 15 is 0 Å². The molecule has 0 heterocycles. The lowest BCUT2D eigenvalue weighted by molar-refractivity contribution is 0.175. The van der Waals surface area contributed by atoms with Crippen LogP contribution in [0.15, 0.2) is 23.1 Å². The second-order valence-electron chi connectivity index (χ2n) is 4.18. The lowest BCUT2D eigenvalue weighted by Crippen LogP contribution is -2.34. The third kappa shape index (κ3) is 4.20. The Kier molecular flexibility index (Phi) is 5.10. The first-order chi connectivity index (χ1) is 8.22. The zero-order chi connectivity index (χ0) is 13.9. The Morgan fingerprint density at radius 3 is 2.56 bits per heavy atom. The number of benzene rings is 1. The van der Waals surface area contributed by atoms with E-state index in [0.29, 0.717) is 0 Å². The van der Waals surface area contributed by atoms with Crippen LogP contribution in [0.4, 0.5) is 4.39 Å². The molecule has 0 radical (unpaired) electrons. The number of aliphatic hydroxyl groups excluding tert-OH is 1. The standard InChI is InChI=1S/C11H15ClFNO3S/c1-7(5-8(2)15)14-18(16,17)9-3-4-11(13)10(12)6-9/h3-4,6-8,14-15H,5H2,1-2H3. The average molecular weight is 296 g/mol. The smallest absolute Gasteiger partial charge is 0.240 e. The van der Waals surface area contributed by atoms with Gasteiger partial charge in [0.1, 0.15) is 5.82 Å². The molecular weight excluding hydrogens is 281 g/mol. The van der Waals surface area contributed by atoms with Crippen molar-refractivity contribution in [2.24, 2.45) is 0 Å². The zero-order valence-electron chi connectivity index (χ0n) is 10.0. The molecule has 0 saturated carbocycles. The molecule has 1 aromatic carbocycles. The molecule has 0 amide bonds. The lowest BCUT2D eigenvalue weighted by Gasteiger charge is -2.15. The summed E-state index contributed by atoms with van der Waals surface area (Å²) in [4.78, 5) is -0.105. The first-order valence-electron chi connectivity index (χ1n) is 5.38. The minimum atomic E-state index is -3.76. The van der Waals surface area contributed by atoms with Gasteiger partial charge in [-0.25, -0.2) is 17.5 Å². The molecule has 2 N–H and O–H groups in total. The highest BCUT2D eigenvalue weighted by Crippen LogP contribution is 2.19. The molecule has 7 heteroatoms. The highest BCUT2D eigenvalue weighted by Gasteiger charge is 2.19. The van der Waals surface area contributed by atoms with Gasteiger partial charge < -0.3 is 5.11 Å². The molecule has 0 fully saturated rings. The molecule has 102 valence electrons. The Bertz CT molecular complexity index is 519. The number of nitrogens with one attached hydrogen (secondary N) is 1. The Balaban J connectivity index is 2.89. The normalized spacial score (nSPS) is 15.4. The van der Waals surface area contributed by atoms with Crippen molar-refractivity contribution in [1.82, 2.24) is 4.72 Å². The fraction of sp³-hybridized carbons (Fsp3) is 0.455. The van der Waals surface area contributed by atoms with E-state index < -0.39 is 28.0 Å². The number of aliphatic hydroxyl groups is 1. The van der Waals surface area contributed by atoms with Gasteiger partial charge in [-0.2, -0.15) is 0 Å². The summed E-state index contributed by atoms with van der Waals surface area (Å²) in [5.41, 5.74) is 0. The second-order valence-corrected chi connectivity index (χ2v) is 6.30. The first kappa shape index (κ1) is 15.4. The molecule has 1 aromatic rings. The van der Waals surface area contributed by atoms with E-state index in [1.807, 2.05) is 0 Å². The van der Waals surface area contributed by atoms with Gasteiger partial charge in [0, 0.05) is 6.04 Å². The van der Waals surface area contributed by atoms with Crippen LogP contribution in [-0.2, 0) is 10.0 Å². The predicted molar refractivity (Wildman–Crippen MR) is 67.5 cm³/mol. The Morgan fingerprint density at radius 1 is 1.44 bits per heavy atom. The molecule has 0 aromatic heterocycles. The van der Waals surface area contributed by atoms with Crippen LogP contribution in [0.2, 0.25) is 5.02 Å². The summed E-state index contributed by atoms with van der Waals surface area (Å²) in [6.07, 6.45) is -0.326. The summed E-state index contributed by atoms with van der Waals surface area (Å²) in [6, 6.07) is 2.75. The van der Waals surface area contributed by atoms with Crippen LogP contribution in [-0.4, -0.2) is 25.7 Å². The monoisotopic (exact) mass is 295 g/mol. The van der Waals surface area contributed by atoms with E-state index in [1.54, 1.807) is 13.8 Å². The van der Waals surface area contributed by atoms with Crippen LogP contribution >= 0.6 is 11.6 Å². The van der Waals surface area contributed by atoms with Crippen LogP contribution in [0.1, 0.15) is 20.3 Å². The maximum atomic E-state index is 12.9. The number of hydrogen-bond acceptors (Lipinski definition) is 3. The fourth-order valence-electron chi connectivity index (χ4n) is 1.54. The maximum absolute atomic E-state index is 12.9. The molecular formula is C11H15ClFNO3S. The number of hydrogen-bond donors (Lipinski definition) is 2. The molecule has 2 atom stereocenters. The first-order valence-corrected chi connectivity index (χ1v) is 7.24. The fourth-order valence-corrected chi connectivity index (χ4v) is 3.06. The predicted octanol–water partition coefficient (Wildman–Crippen LogP) is 1.92. The molecule has 0 aliphatic heterocycles. The van der Waals surface area contributed by atoms with Gasteiger partial charge in [0.05, 0.1) is 16.0 Å². The number of sulfonamides is 1. The SMILES string of the molecule is CC(O)CC(C)NS(=O)(=O)c1ccc(F)c(Cl)c1. The summed E-state index contributed by atoms with van der Waals surface area (Å²) >= 11 is 5.53. The molecule has 0 saturated heterocycles. The van der Waals surface area contributed by atoms with Crippen molar-refractivity contribution in [3.8, 4) is 0 Å². The molecule has 0 spiro atoms. The van der Waals surface area contributed by atoms with Crippen LogP contribution in [0, 0.1) is 5.82 Å². The van der Waals surface area contributed by atoms with E-state index in [-0.39, 0.29) is 16.3 Å². The Labute approximate surface area is 111 Å². The summed E-state index contributed by atoms with van der Waals surface area (Å²) in [7, 11) is -3.76. The molecule has 0 bridgehead atoms. The van der Waals surface area contributed by atoms with Gasteiger partial charge in [0.25, 0.3) is 0 Å². The highest BCUT2D eigenvalue weighted by atomic mass is 35.5. The van der Waals surface area contributed by atoms with Gasteiger partial charge in [0.2, 0.25) is 10.0 Å². The summed E-state index contributed by atoms with van der Waals surface area (Å²) in [5, 5.41) is 8.92. The van der Waals surface area contributed by atoms with E-state index in [4.69, 9.17) is 16.7 Å². The molecule has 18 heavy (non-hydrogen) atoms. The average Bonchev–Trinajstić information content (AvgIpc) is 2.19. The summed E-state index contributed by atoms with van der Waals surface area (Å²) < 4.78 is 39.2. The maximum Gasteiger partial charge on any atom is 0.240 e. The number of rotatable bonds is 5. The Morgan fingerprint density at radius 2 is 2.06 bits per heavy atom. The van der Waals surface area contributed by atoms with Crippen LogP contribution in [0.3, 0.4) is 0 Å². The molecule has 1 rings (SSSR count). The van der Waals surface area contributed by atoms with Crippen molar-refractivity contribution in [3.05, 3.63) is 29.0 Å². The van der Waals surface area contributed by atoms with Crippen molar-refractivity contribution in [2.45, 2.75) is 37.3 Å². The highest BCUT2D eigenvalue weighted by molar-refractivity contribution is 7.89. The van der Waals surface area contributed by atoms with Crippen LogP contribution in [0.5, 0.6) is 0 Å². The van der Waals surface area contributed by atoms with E-state index in [1.165, 1.54) is 0 Å². The zero-order valence-corrected chi connectivity index (χ0v) is 11.6. The number of halogens is 2. The van der Waals surface area contributed by atoms with E-state index in [0.717, 1.165) is 18.2 Å². The van der Waals surface area contributed by atoms with E-state index in [9.17, 15) is 12.8 Å². The third-order valence-electron chi connectivity index (χ3n) is 2.25. The van der Waals surface area contributed by atoms with Crippen molar-refractivity contribution in [3.63, 3.8) is 0 Å². The van der Waals surface area contributed by atoms with Gasteiger partial charge >= 0.3 is 0 Å². The topological polar surface area (TPSA) is 66.4 Å². The quantitative estimate of drug-likeness (QED) is 0.872. The van der Waals surface area contributed by atoms with Crippen LogP contribution < -0.4 is 4.72 Å². The van der Waals surface area contributed by atoms with Gasteiger partial charge in [-0.15, -0.1) is 0 Å². The largest absolute Gasteiger partial charge is 0.393 e. The van der Waals surface area contributed by atoms with Crippen molar-refractivity contribution < 1.29 is 17.9 Å². The molecule has 0 aliphatic carbocycles. The molecule has 0 aliphatic rings. The lowest BCUT2D eigenvalue weighted by atomic mass is 10.2. The molecule has 2 unspecified atom stereocenters. The van der Waals surface area contributed by atoms with Gasteiger partial charge in [-0.1, -0.05) is 11.6 Å². The summed E-state index contributed by atoms with van der Waals surface area (Å²) in [5.74, 6) is -0.673. The second kappa shape index (κ2) is 5.97. The van der Waals surface area contributed by atoms with Crippen molar-refractivity contribution >= 4 is 21.6 Å². The van der Waals surface area contributed by atoms with Gasteiger partial charge in [0.15, 0.2) is 0 Å². The molecule has 4 nitrogen and oxygen atoms in total. The van der Waals surface area contributed by atoms with Crippen molar-refractivity contribution in [2.75, 3.05) is 0 Å².